The number of anilines is 1. The second-order valence-corrected chi connectivity index (χ2v) is 11.1. The Hall–Kier alpha value is -3.01. The number of hydrogen-bond donors (Lipinski definition) is 1. The van der Waals surface area contributed by atoms with Gasteiger partial charge in [0.15, 0.2) is 0 Å². The minimum absolute atomic E-state index is 0.00791. The smallest absolute Gasteiger partial charge is 0.251 e. The first kappa shape index (κ1) is 24.3. The number of ether oxygens (including phenoxy) is 1. The number of nitrogens with one attached hydrogen (secondary N) is 1. The van der Waals surface area contributed by atoms with E-state index in [0.717, 1.165) is 32.4 Å². The molecule has 3 aromatic rings. The zero-order chi connectivity index (χ0) is 25.8. The number of aromatic nitrogens is 2. The molecule has 1 aliphatic carbocycles. The average molecular weight is 573 g/mol. The van der Waals surface area contributed by atoms with Crippen molar-refractivity contribution in [2.45, 2.75) is 56.0 Å². The largest absolute Gasteiger partial charge is 0.490 e. The van der Waals surface area contributed by atoms with Crippen molar-refractivity contribution in [2.24, 2.45) is 0 Å². The lowest BCUT2D eigenvalue weighted by Crippen LogP contribution is -2.50. The van der Waals surface area contributed by atoms with Crippen LogP contribution in [-0.4, -0.2) is 58.6 Å². The van der Waals surface area contributed by atoms with Crippen molar-refractivity contribution in [1.29, 1.82) is 0 Å². The van der Waals surface area contributed by atoms with E-state index >= 15 is 0 Å². The molecule has 3 aliphatic rings. The fourth-order valence-corrected chi connectivity index (χ4v) is 6.75. The van der Waals surface area contributed by atoms with Crippen LogP contribution in [-0.2, 0) is 15.0 Å². The van der Waals surface area contributed by atoms with Crippen LogP contribution in [0.1, 0.15) is 44.1 Å². The zero-order valence-corrected chi connectivity index (χ0v) is 21.8. The molecule has 7 nitrogen and oxygen atoms in total. The maximum Gasteiger partial charge on any atom is 0.251 e. The number of rotatable bonds is 4. The molecule has 1 aromatic heterocycles. The molecule has 1 spiro atoms. The molecule has 0 atom stereocenters. The topological polar surface area (TPSA) is 78.5 Å². The maximum atomic E-state index is 14.0. The van der Waals surface area contributed by atoms with E-state index in [1.807, 2.05) is 36.4 Å². The van der Waals surface area contributed by atoms with Gasteiger partial charge in [-0.15, -0.1) is 0 Å². The number of carbonyl (C=O) groups is 2. The van der Waals surface area contributed by atoms with Gasteiger partial charge in [-0.3, -0.25) is 14.7 Å². The summed E-state index contributed by atoms with van der Waals surface area (Å²) in [6.45, 7) is -0.123. The highest BCUT2D eigenvalue weighted by molar-refractivity contribution is 9.10. The van der Waals surface area contributed by atoms with Gasteiger partial charge in [-0.25, -0.2) is 8.78 Å². The number of H-pyrrole nitrogens is 1. The lowest BCUT2D eigenvalue weighted by atomic mass is 9.69. The quantitative estimate of drug-likeness (QED) is 0.466. The molecule has 3 heterocycles. The van der Waals surface area contributed by atoms with Crippen molar-refractivity contribution in [2.75, 3.05) is 24.5 Å². The van der Waals surface area contributed by atoms with Gasteiger partial charge >= 0.3 is 0 Å². The second kappa shape index (κ2) is 9.08. The Kier molecular flexibility index (Phi) is 5.97. The van der Waals surface area contributed by atoms with E-state index in [1.54, 1.807) is 11.1 Å². The average Bonchev–Trinajstić information content (AvgIpc) is 3.43. The van der Waals surface area contributed by atoms with E-state index in [1.165, 1.54) is 4.90 Å². The number of benzene rings is 2. The van der Waals surface area contributed by atoms with Crippen LogP contribution in [0.25, 0.3) is 10.9 Å². The molecule has 1 N–H and O–H groups in total. The molecular weight excluding hydrogens is 546 g/mol. The molecule has 10 heteroatoms. The number of carbonyl (C=O) groups excluding carboxylic acids is 2. The first-order chi connectivity index (χ1) is 17.8. The third kappa shape index (κ3) is 4.28. The minimum atomic E-state index is -2.73. The molecule has 2 amide bonds. The van der Waals surface area contributed by atoms with Gasteiger partial charge in [0.2, 0.25) is 11.8 Å². The predicted octanol–water partition coefficient (Wildman–Crippen LogP) is 5.19. The van der Waals surface area contributed by atoms with E-state index in [0.29, 0.717) is 25.7 Å². The van der Waals surface area contributed by atoms with Crippen molar-refractivity contribution in [3.63, 3.8) is 0 Å². The highest BCUT2D eigenvalue weighted by Crippen LogP contribution is 2.53. The number of likely N-dealkylation sites (tertiary alicyclic amines) is 1. The number of aromatic amines is 1. The first-order valence-electron chi connectivity index (χ1n) is 12.6. The normalized spacial score (nSPS) is 25.1. The molecule has 1 saturated carbocycles. The summed E-state index contributed by atoms with van der Waals surface area (Å²) in [6.07, 6.45) is 3.63. The van der Waals surface area contributed by atoms with Crippen LogP contribution in [0.3, 0.4) is 0 Å². The lowest BCUT2D eigenvalue weighted by molar-refractivity contribution is -0.137. The summed E-state index contributed by atoms with van der Waals surface area (Å²) in [5, 5.41) is 7.96. The van der Waals surface area contributed by atoms with Crippen molar-refractivity contribution in [3.05, 3.63) is 52.6 Å². The van der Waals surface area contributed by atoms with E-state index in [9.17, 15) is 18.4 Å². The third-order valence-electron chi connectivity index (χ3n) is 8.06. The fourth-order valence-electron chi connectivity index (χ4n) is 6.01. The van der Waals surface area contributed by atoms with Gasteiger partial charge in [-0.1, -0.05) is 22.0 Å². The summed E-state index contributed by atoms with van der Waals surface area (Å²) in [6, 6.07) is 11.5. The molecule has 0 bridgehead atoms. The second-order valence-electron chi connectivity index (χ2n) is 10.3. The molecule has 2 aromatic carbocycles. The van der Waals surface area contributed by atoms with Gasteiger partial charge < -0.3 is 14.5 Å². The number of halogens is 3. The van der Waals surface area contributed by atoms with Gasteiger partial charge in [0.05, 0.1) is 23.2 Å². The SMILES string of the molecule is O=C(CN1C(=O)C2(CCC(Oc3ccc4[nH]ncc4c3)CC2)c2c(Br)cccc21)N1CCC(F)(F)CC1. The number of hydrogen-bond acceptors (Lipinski definition) is 4. The molecule has 0 radical (unpaired) electrons. The van der Waals surface area contributed by atoms with Crippen LogP contribution < -0.4 is 9.64 Å². The van der Waals surface area contributed by atoms with Crippen molar-refractivity contribution >= 4 is 44.3 Å². The standard InChI is InChI=1S/C27H27BrF2N4O3/c28-20-2-1-3-22-24(20)26(25(36)34(22)16-23(35)33-12-10-27(29,30)11-13-33)8-6-18(7-9-26)37-19-4-5-21-17(14-19)15-31-32-21/h1-5,14-15,18H,6-13,16H2,(H,31,32). The Labute approximate surface area is 221 Å². The minimum Gasteiger partial charge on any atom is -0.490 e. The van der Waals surface area contributed by atoms with E-state index < -0.39 is 11.3 Å². The molecule has 0 unspecified atom stereocenters. The number of amides is 2. The summed E-state index contributed by atoms with van der Waals surface area (Å²) in [5.41, 5.74) is 1.84. The maximum absolute atomic E-state index is 14.0. The van der Waals surface area contributed by atoms with Crippen molar-refractivity contribution in [1.82, 2.24) is 15.1 Å². The highest BCUT2D eigenvalue weighted by Gasteiger charge is 2.54. The van der Waals surface area contributed by atoms with Crippen LogP contribution in [0.2, 0.25) is 0 Å². The zero-order valence-electron chi connectivity index (χ0n) is 20.2. The Bertz CT molecular complexity index is 1360. The van der Waals surface area contributed by atoms with E-state index in [4.69, 9.17) is 4.74 Å². The Morgan fingerprint density at radius 3 is 2.65 bits per heavy atom. The molecule has 194 valence electrons. The summed E-state index contributed by atoms with van der Waals surface area (Å²) >= 11 is 3.66. The van der Waals surface area contributed by atoms with Gasteiger partial charge in [0.25, 0.3) is 5.92 Å². The lowest BCUT2D eigenvalue weighted by Gasteiger charge is -2.37. The molecule has 2 fully saturated rings. The van der Waals surface area contributed by atoms with Gasteiger partial charge in [-0.2, -0.15) is 5.10 Å². The monoisotopic (exact) mass is 572 g/mol. The van der Waals surface area contributed by atoms with Crippen LogP contribution in [0, 0.1) is 0 Å². The first-order valence-corrected chi connectivity index (χ1v) is 13.4. The van der Waals surface area contributed by atoms with Crippen molar-refractivity contribution < 1.29 is 23.1 Å². The predicted molar refractivity (Wildman–Crippen MR) is 138 cm³/mol. The van der Waals surface area contributed by atoms with Gasteiger partial charge in [0.1, 0.15) is 12.3 Å². The Morgan fingerprint density at radius 1 is 1.14 bits per heavy atom. The number of fused-ring (bicyclic) bond motifs is 3. The third-order valence-corrected chi connectivity index (χ3v) is 8.72. The Morgan fingerprint density at radius 2 is 1.89 bits per heavy atom. The van der Waals surface area contributed by atoms with Crippen LogP contribution in [0.4, 0.5) is 14.5 Å². The Balaban J connectivity index is 1.19. The van der Waals surface area contributed by atoms with Crippen LogP contribution in [0.5, 0.6) is 5.75 Å². The highest BCUT2D eigenvalue weighted by atomic mass is 79.9. The molecule has 37 heavy (non-hydrogen) atoms. The van der Waals surface area contributed by atoms with Gasteiger partial charge in [-0.05, 0) is 56.0 Å². The number of nitrogens with zero attached hydrogens (tertiary/aromatic N) is 3. The van der Waals surface area contributed by atoms with E-state index in [-0.39, 0.29) is 50.4 Å². The van der Waals surface area contributed by atoms with Gasteiger partial charge in [0, 0.05) is 47.0 Å². The molecule has 2 aliphatic heterocycles. The van der Waals surface area contributed by atoms with Crippen LogP contribution >= 0.6 is 15.9 Å². The fraction of sp³-hybridized carbons (Fsp3) is 0.444. The summed E-state index contributed by atoms with van der Waals surface area (Å²) in [5.74, 6) is -2.34. The van der Waals surface area contributed by atoms with E-state index in [2.05, 4.69) is 26.1 Å². The summed E-state index contributed by atoms with van der Waals surface area (Å²) < 4.78 is 34.3. The molecule has 1 saturated heterocycles. The number of piperidine rings is 1. The van der Waals surface area contributed by atoms with Crippen LogP contribution in [0.15, 0.2) is 47.1 Å². The van der Waals surface area contributed by atoms with Crippen molar-refractivity contribution in [3.8, 4) is 5.75 Å². The summed E-state index contributed by atoms with van der Waals surface area (Å²) in [7, 11) is 0. The molecular formula is C27H27BrF2N4O3. The number of alkyl halides is 2. The molecule has 6 rings (SSSR count). The summed E-state index contributed by atoms with van der Waals surface area (Å²) in [4.78, 5) is 30.0.